The molecule has 0 aliphatic carbocycles. The van der Waals surface area contributed by atoms with E-state index >= 15 is 0 Å². The highest BCUT2D eigenvalue weighted by Crippen LogP contribution is 2.33. The maximum atomic E-state index is 13.0. The van der Waals surface area contributed by atoms with Crippen LogP contribution in [0.3, 0.4) is 0 Å². The lowest BCUT2D eigenvalue weighted by atomic mass is 10.0. The minimum atomic E-state index is -0.370. The van der Waals surface area contributed by atoms with Gasteiger partial charge in [-0.3, -0.25) is 9.59 Å². The summed E-state index contributed by atoms with van der Waals surface area (Å²) in [5, 5.41) is 15.1. The van der Waals surface area contributed by atoms with Gasteiger partial charge in [-0.15, -0.1) is 10.2 Å². The van der Waals surface area contributed by atoms with Crippen molar-refractivity contribution in [1.29, 1.82) is 0 Å². The topological polar surface area (TPSA) is 107 Å². The second kappa shape index (κ2) is 10.8. The molecule has 35 heavy (non-hydrogen) atoms. The highest BCUT2D eigenvalue weighted by molar-refractivity contribution is 7.99. The van der Waals surface area contributed by atoms with Crippen molar-refractivity contribution in [3.63, 3.8) is 0 Å². The average molecular weight is 496 g/mol. The molecule has 0 saturated carbocycles. The van der Waals surface area contributed by atoms with Crippen LogP contribution in [0.25, 0.3) is 0 Å². The zero-order valence-corrected chi connectivity index (χ0v) is 21.0. The van der Waals surface area contributed by atoms with E-state index in [1.165, 1.54) is 17.3 Å². The van der Waals surface area contributed by atoms with Crippen molar-refractivity contribution in [1.82, 2.24) is 20.1 Å². The zero-order valence-electron chi connectivity index (χ0n) is 20.2. The van der Waals surface area contributed by atoms with Crippen LogP contribution in [0.1, 0.15) is 48.6 Å². The van der Waals surface area contributed by atoms with Crippen LogP contribution in [0.2, 0.25) is 0 Å². The van der Waals surface area contributed by atoms with Crippen LogP contribution in [0, 0.1) is 5.92 Å². The number of benzene rings is 2. The number of ether oxygens (including phenoxy) is 2. The Balaban J connectivity index is 1.39. The summed E-state index contributed by atoms with van der Waals surface area (Å²) < 4.78 is 12.5. The Morgan fingerprint density at radius 1 is 1.09 bits per heavy atom. The minimum absolute atomic E-state index is 0.0584. The Morgan fingerprint density at radius 2 is 1.83 bits per heavy atom. The molecule has 2 N–H and O–H groups in total. The third-order valence-corrected chi connectivity index (χ3v) is 6.73. The first-order valence-electron chi connectivity index (χ1n) is 11.5. The van der Waals surface area contributed by atoms with Gasteiger partial charge in [-0.1, -0.05) is 44.7 Å². The van der Waals surface area contributed by atoms with E-state index in [0.717, 1.165) is 12.1 Å². The number of hydrogen-bond donors (Lipinski definition) is 2. The lowest BCUT2D eigenvalue weighted by Gasteiger charge is -2.21. The molecule has 0 saturated heterocycles. The number of hydrogen-bond acceptors (Lipinski definition) is 7. The molecule has 4 rings (SSSR count). The fraction of sp³-hybridized carbons (Fsp3) is 0.360. The third kappa shape index (κ3) is 5.76. The molecule has 184 valence electrons. The van der Waals surface area contributed by atoms with Gasteiger partial charge in [0.25, 0.3) is 5.91 Å². The second-order valence-electron chi connectivity index (χ2n) is 8.55. The maximum Gasteiger partial charge on any atom is 0.252 e. The number of rotatable bonds is 9. The van der Waals surface area contributed by atoms with Crippen LogP contribution in [-0.4, -0.2) is 39.1 Å². The molecule has 2 aromatic carbocycles. The molecule has 1 atom stereocenters. The van der Waals surface area contributed by atoms with E-state index in [1.54, 1.807) is 18.2 Å². The number of fused-ring (bicyclic) bond motifs is 1. The summed E-state index contributed by atoms with van der Waals surface area (Å²) in [7, 11) is 1.83. The van der Waals surface area contributed by atoms with Crippen molar-refractivity contribution in [3.05, 3.63) is 59.4 Å². The zero-order chi connectivity index (χ0) is 24.9. The minimum Gasteiger partial charge on any atom is -0.454 e. The number of carbonyl (C=O) groups is 2. The summed E-state index contributed by atoms with van der Waals surface area (Å²) in [6.45, 7) is 6.25. The molecule has 0 radical (unpaired) electrons. The SMILES string of the molecule is CCc1ccc(NC(=O)CSc2nnc(C(NC(=O)c3ccc4c(c3)OCO4)C(C)C)n2C)cc1. The number of amides is 2. The number of thioether (sulfide) groups is 1. The normalized spacial score (nSPS) is 13.1. The Bertz CT molecular complexity index is 1210. The first-order valence-corrected chi connectivity index (χ1v) is 12.5. The van der Waals surface area contributed by atoms with Crippen molar-refractivity contribution in [2.75, 3.05) is 17.9 Å². The predicted molar refractivity (Wildman–Crippen MR) is 134 cm³/mol. The van der Waals surface area contributed by atoms with Gasteiger partial charge in [0, 0.05) is 18.3 Å². The smallest absolute Gasteiger partial charge is 0.252 e. The fourth-order valence-corrected chi connectivity index (χ4v) is 4.38. The molecular weight excluding hydrogens is 466 g/mol. The fourth-order valence-electron chi connectivity index (χ4n) is 3.67. The molecule has 2 amide bonds. The Labute approximate surface area is 208 Å². The number of aryl methyl sites for hydroxylation is 1. The second-order valence-corrected chi connectivity index (χ2v) is 9.49. The molecule has 0 spiro atoms. The summed E-state index contributed by atoms with van der Waals surface area (Å²) in [5.41, 5.74) is 2.45. The first kappa shape index (κ1) is 24.6. The summed E-state index contributed by atoms with van der Waals surface area (Å²) in [5.74, 6) is 1.68. The van der Waals surface area contributed by atoms with E-state index in [-0.39, 0.29) is 36.3 Å². The quantitative estimate of drug-likeness (QED) is 0.433. The van der Waals surface area contributed by atoms with Crippen LogP contribution >= 0.6 is 11.8 Å². The molecule has 10 heteroatoms. The van der Waals surface area contributed by atoms with Gasteiger partial charge >= 0.3 is 0 Å². The summed E-state index contributed by atoms with van der Waals surface area (Å²) in [6.07, 6.45) is 0.951. The van der Waals surface area contributed by atoms with E-state index < -0.39 is 0 Å². The first-order chi connectivity index (χ1) is 16.9. The highest BCUT2D eigenvalue weighted by Gasteiger charge is 2.26. The van der Waals surface area contributed by atoms with E-state index in [2.05, 4.69) is 27.8 Å². The number of aromatic nitrogens is 3. The average Bonchev–Trinajstić information content (AvgIpc) is 3.47. The lowest BCUT2D eigenvalue weighted by Crippen LogP contribution is -2.33. The van der Waals surface area contributed by atoms with Crippen molar-refractivity contribution >= 4 is 29.3 Å². The number of carbonyl (C=O) groups excluding carboxylic acids is 2. The predicted octanol–water partition coefficient (Wildman–Crippen LogP) is 3.96. The van der Waals surface area contributed by atoms with Gasteiger partial charge in [0.15, 0.2) is 22.5 Å². The Hall–Kier alpha value is -3.53. The molecular formula is C25H29N5O4S. The van der Waals surface area contributed by atoms with Crippen LogP contribution in [0.5, 0.6) is 11.5 Å². The number of nitrogens with zero attached hydrogens (tertiary/aromatic N) is 3. The number of nitrogens with one attached hydrogen (secondary N) is 2. The monoisotopic (exact) mass is 495 g/mol. The molecule has 3 aromatic rings. The van der Waals surface area contributed by atoms with Crippen LogP contribution < -0.4 is 20.1 Å². The van der Waals surface area contributed by atoms with Gasteiger partial charge in [-0.05, 0) is 48.2 Å². The van der Waals surface area contributed by atoms with E-state index in [4.69, 9.17) is 9.47 Å². The molecule has 0 bridgehead atoms. The van der Waals surface area contributed by atoms with Gasteiger partial charge < -0.3 is 24.7 Å². The van der Waals surface area contributed by atoms with Gasteiger partial charge in [0.05, 0.1) is 11.8 Å². The van der Waals surface area contributed by atoms with Gasteiger partial charge in [-0.25, -0.2) is 0 Å². The van der Waals surface area contributed by atoms with Gasteiger partial charge in [0.1, 0.15) is 0 Å². The molecule has 0 fully saturated rings. The van der Waals surface area contributed by atoms with E-state index in [1.807, 2.05) is 49.7 Å². The molecule has 1 aliphatic heterocycles. The maximum absolute atomic E-state index is 13.0. The molecule has 1 aromatic heterocycles. The summed E-state index contributed by atoms with van der Waals surface area (Å²) >= 11 is 1.29. The van der Waals surface area contributed by atoms with Gasteiger partial charge in [0.2, 0.25) is 12.7 Å². The van der Waals surface area contributed by atoms with Crippen molar-refractivity contribution < 1.29 is 19.1 Å². The Morgan fingerprint density at radius 3 is 2.54 bits per heavy atom. The van der Waals surface area contributed by atoms with Crippen LogP contribution in [0.15, 0.2) is 47.6 Å². The lowest BCUT2D eigenvalue weighted by molar-refractivity contribution is -0.113. The van der Waals surface area contributed by atoms with Crippen molar-refractivity contribution in [2.45, 2.75) is 38.4 Å². The van der Waals surface area contributed by atoms with Gasteiger partial charge in [-0.2, -0.15) is 0 Å². The molecule has 2 heterocycles. The summed E-state index contributed by atoms with van der Waals surface area (Å²) in [4.78, 5) is 25.4. The molecule has 1 aliphatic rings. The number of anilines is 1. The van der Waals surface area contributed by atoms with Crippen LogP contribution in [-0.2, 0) is 18.3 Å². The van der Waals surface area contributed by atoms with E-state index in [0.29, 0.717) is 28.0 Å². The van der Waals surface area contributed by atoms with E-state index in [9.17, 15) is 9.59 Å². The van der Waals surface area contributed by atoms with Crippen LogP contribution in [0.4, 0.5) is 5.69 Å². The van der Waals surface area contributed by atoms with Crippen molar-refractivity contribution in [3.8, 4) is 11.5 Å². The molecule has 9 nitrogen and oxygen atoms in total. The van der Waals surface area contributed by atoms with Crippen molar-refractivity contribution in [2.24, 2.45) is 13.0 Å². The Kier molecular flexibility index (Phi) is 7.60. The molecule has 1 unspecified atom stereocenters. The third-order valence-electron chi connectivity index (χ3n) is 5.71. The standard InChI is InChI=1S/C25H29N5O4S/c1-5-16-6-9-18(10-7-16)26-21(31)13-35-25-29-28-23(30(25)4)22(15(2)3)27-24(32)17-8-11-19-20(12-17)34-14-33-19/h6-12,15,22H,5,13-14H2,1-4H3,(H,26,31)(H,27,32). The summed E-state index contributed by atoms with van der Waals surface area (Å²) in [6, 6.07) is 12.5. The highest BCUT2D eigenvalue weighted by atomic mass is 32.2. The largest absolute Gasteiger partial charge is 0.454 e.